The molecule has 4 heteroatoms. The minimum absolute atomic E-state index is 0.237. The van der Waals surface area contributed by atoms with Crippen LogP contribution in [0.2, 0.25) is 5.02 Å². The van der Waals surface area contributed by atoms with E-state index in [0.717, 1.165) is 25.9 Å². The molecule has 0 radical (unpaired) electrons. The SMILES string of the molecule is CC(C)N(C)CCCCNCc1ccc(Cl)cc1F. The van der Waals surface area contributed by atoms with Gasteiger partial charge in [0, 0.05) is 23.2 Å². The molecule has 0 aliphatic heterocycles. The third-order valence-electron chi connectivity index (χ3n) is 3.33. The van der Waals surface area contributed by atoms with Crippen LogP contribution in [-0.2, 0) is 6.54 Å². The number of unbranched alkanes of at least 4 members (excludes halogenated alkanes) is 1. The maximum absolute atomic E-state index is 13.5. The van der Waals surface area contributed by atoms with E-state index >= 15 is 0 Å². The monoisotopic (exact) mass is 286 g/mol. The summed E-state index contributed by atoms with van der Waals surface area (Å²) in [5.74, 6) is -0.237. The van der Waals surface area contributed by atoms with Gasteiger partial charge in [-0.3, -0.25) is 0 Å². The average molecular weight is 287 g/mol. The molecule has 2 nitrogen and oxygen atoms in total. The van der Waals surface area contributed by atoms with E-state index in [1.165, 1.54) is 6.07 Å². The van der Waals surface area contributed by atoms with Crippen LogP contribution in [0.25, 0.3) is 0 Å². The highest BCUT2D eigenvalue weighted by molar-refractivity contribution is 6.30. The molecule has 0 aliphatic carbocycles. The Hall–Kier alpha value is -0.640. The Kier molecular flexibility index (Phi) is 7.36. The van der Waals surface area contributed by atoms with Crippen molar-refractivity contribution in [3.05, 3.63) is 34.6 Å². The molecule has 1 N–H and O–H groups in total. The third-order valence-corrected chi connectivity index (χ3v) is 3.56. The molecule has 108 valence electrons. The lowest BCUT2D eigenvalue weighted by atomic mass is 10.2. The molecule has 0 saturated heterocycles. The van der Waals surface area contributed by atoms with Gasteiger partial charge in [-0.25, -0.2) is 4.39 Å². The van der Waals surface area contributed by atoms with E-state index in [-0.39, 0.29) is 5.82 Å². The van der Waals surface area contributed by atoms with Crippen LogP contribution in [0.5, 0.6) is 0 Å². The summed E-state index contributed by atoms with van der Waals surface area (Å²) in [7, 11) is 2.14. The van der Waals surface area contributed by atoms with E-state index in [4.69, 9.17) is 11.6 Å². The van der Waals surface area contributed by atoms with Gasteiger partial charge in [-0.1, -0.05) is 17.7 Å². The molecule has 0 aromatic heterocycles. The fourth-order valence-electron chi connectivity index (χ4n) is 1.76. The van der Waals surface area contributed by atoms with Gasteiger partial charge in [0.2, 0.25) is 0 Å². The lowest BCUT2D eigenvalue weighted by Gasteiger charge is -2.20. The average Bonchev–Trinajstić information content (AvgIpc) is 2.35. The third kappa shape index (κ3) is 6.37. The quantitative estimate of drug-likeness (QED) is 0.733. The van der Waals surface area contributed by atoms with E-state index in [2.05, 4.69) is 31.1 Å². The van der Waals surface area contributed by atoms with Crippen molar-refractivity contribution in [3.63, 3.8) is 0 Å². The Labute approximate surface area is 120 Å². The van der Waals surface area contributed by atoms with Gasteiger partial charge in [-0.05, 0) is 59.0 Å². The molecular formula is C15H24ClFN2. The van der Waals surface area contributed by atoms with Crippen molar-refractivity contribution in [2.45, 2.75) is 39.3 Å². The second-order valence-corrected chi connectivity index (χ2v) is 5.63. The highest BCUT2D eigenvalue weighted by Gasteiger charge is 2.03. The number of halogens is 2. The molecule has 0 aliphatic rings. The Morgan fingerprint density at radius 3 is 2.68 bits per heavy atom. The van der Waals surface area contributed by atoms with Crippen molar-refractivity contribution in [1.82, 2.24) is 10.2 Å². The number of rotatable bonds is 8. The topological polar surface area (TPSA) is 15.3 Å². The van der Waals surface area contributed by atoms with E-state index < -0.39 is 0 Å². The standard InChI is InChI=1S/C15H24ClFN2/c1-12(2)19(3)9-5-4-8-18-11-13-6-7-14(16)10-15(13)17/h6-7,10,12,18H,4-5,8-9,11H2,1-3H3. The van der Waals surface area contributed by atoms with Crippen LogP contribution in [0.4, 0.5) is 4.39 Å². The predicted octanol–water partition coefficient (Wildman–Crippen LogP) is 3.69. The highest BCUT2D eigenvalue weighted by atomic mass is 35.5. The maximum atomic E-state index is 13.5. The summed E-state index contributed by atoms with van der Waals surface area (Å²) in [5, 5.41) is 3.71. The summed E-state index contributed by atoms with van der Waals surface area (Å²) in [4.78, 5) is 2.33. The number of nitrogens with zero attached hydrogens (tertiary/aromatic N) is 1. The van der Waals surface area contributed by atoms with E-state index in [9.17, 15) is 4.39 Å². The van der Waals surface area contributed by atoms with Gasteiger partial charge in [0.25, 0.3) is 0 Å². The van der Waals surface area contributed by atoms with Crippen molar-refractivity contribution >= 4 is 11.6 Å². The van der Waals surface area contributed by atoms with Gasteiger partial charge in [0.05, 0.1) is 0 Å². The number of hydrogen-bond acceptors (Lipinski definition) is 2. The summed E-state index contributed by atoms with van der Waals surface area (Å²) < 4.78 is 13.5. The van der Waals surface area contributed by atoms with Gasteiger partial charge >= 0.3 is 0 Å². The first kappa shape index (κ1) is 16.4. The first-order valence-electron chi connectivity index (χ1n) is 6.85. The largest absolute Gasteiger partial charge is 0.313 e. The molecule has 1 aromatic carbocycles. The molecule has 19 heavy (non-hydrogen) atoms. The van der Waals surface area contributed by atoms with Crippen molar-refractivity contribution in [3.8, 4) is 0 Å². The fourth-order valence-corrected chi connectivity index (χ4v) is 1.92. The lowest BCUT2D eigenvalue weighted by molar-refractivity contribution is 0.268. The minimum atomic E-state index is -0.237. The van der Waals surface area contributed by atoms with Gasteiger partial charge in [-0.15, -0.1) is 0 Å². The maximum Gasteiger partial charge on any atom is 0.129 e. The summed E-state index contributed by atoms with van der Waals surface area (Å²) >= 11 is 5.71. The molecule has 0 heterocycles. The van der Waals surface area contributed by atoms with Crippen LogP contribution >= 0.6 is 11.6 Å². The summed E-state index contributed by atoms with van der Waals surface area (Å²) in [5.41, 5.74) is 0.670. The molecule has 0 fully saturated rings. The van der Waals surface area contributed by atoms with E-state index in [1.807, 2.05) is 0 Å². The Morgan fingerprint density at radius 2 is 2.05 bits per heavy atom. The van der Waals surface area contributed by atoms with Crippen molar-refractivity contribution < 1.29 is 4.39 Å². The summed E-state index contributed by atoms with van der Waals surface area (Å²) in [6, 6.07) is 5.41. The lowest BCUT2D eigenvalue weighted by Crippen LogP contribution is -2.27. The Balaban J connectivity index is 2.14. The molecule has 0 saturated carbocycles. The molecule has 0 unspecified atom stereocenters. The molecule has 0 amide bonds. The van der Waals surface area contributed by atoms with Crippen molar-refractivity contribution in [1.29, 1.82) is 0 Å². The molecule has 1 rings (SSSR count). The first-order valence-corrected chi connectivity index (χ1v) is 7.23. The van der Waals surface area contributed by atoms with Crippen LogP contribution < -0.4 is 5.32 Å². The van der Waals surface area contributed by atoms with Crippen LogP contribution in [0.15, 0.2) is 18.2 Å². The Morgan fingerprint density at radius 1 is 1.32 bits per heavy atom. The Bertz CT molecular complexity index is 382. The van der Waals surface area contributed by atoms with Gasteiger partial charge < -0.3 is 10.2 Å². The number of benzene rings is 1. The number of hydrogen-bond donors (Lipinski definition) is 1. The highest BCUT2D eigenvalue weighted by Crippen LogP contribution is 2.14. The van der Waals surface area contributed by atoms with Crippen molar-refractivity contribution in [2.24, 2.45) is 0 Å². The second kappa shape index (κ2) is 8.51. The number of nitrogens with one attached hydrogen (secondary N) is 1. The van der Waals surface area contributed by atoms with E-state index in [0.29, 0.717) is 23.2 Å². The smallest absolute Gasteiger partial charge is 0.129 e. The normalized spacial score (nSPS) is 11.5. The van der Waals surface area contributed by atoms with Gasteiger partial charge in [-0.2, -0.15) is 0 Å². The molecule has 0 spiro atoms. The predicted molar refractivity (Wildman–Crippen MR) is 80.1 cm³/mol. The first-order chi connectivity index (χ1) is 9.00. The fraction of sp³-hybridized carbons (Fsp3) is 0.600. The molecular weight excluding hydrogens is 263 g/mol. The minimum Gasteiger partial charge on any atom is -0.313 e. The zero-order chi connectivity index (χ0) is 14.3. The zero-order valence-electron chi connectivity index (χ0n) is 12.0. The van der Waals surface area contributed by atoms with Gasteiger partial charge in [0.15, 0.2) is 0 Å². The zero-order valence-corrected chi connectivity index (χ0v) is 12.8. The van der Waals surface area contributed by atoms with Crippen molar-refractivity contribution in [2.75, 3.05) is 20.1 Å². The van der Waals surface area contributed by atoms with Crippen LogP contribution in [0.1, 0.15) is 32.3 Å². The van der Waals surface area contributed by atoms with Crippen LogP contribution in [0, 0.1) is 5.82 Å². The summed E-state index contributed by atoms with van der Waals surface area (Å²) in [6.07, 6.45) is 2.26. The van der Waals surface area contributed by atoms with E-state index in [1.54, 1.807) is 12.1 Å². The second-order valence-electron chi connectivity index (χ2n) is 5.19. The van der Waals surface area contributed by atoms with Crippen LogP contribution in [-0.4, -0.2) is 31.1 Å². The molecule has 0 bridgehead atoms. The summed E-state index contributed by atoms with van der Waals surface area (Å²) in [6.45, 7) is 6.97. The molecule has 0 atom stereocenters. The molecule has 1 aromatic rings. The van der Waals surface area contributed by atoms with Crippen LogP contribution in [0.3, 0.4) is 0 Å². The van der Waals surface area contributed by atoms with Gasteiger partial charge in [0.1, 0.15) is 5.82 Å².